The topological polar surface area (TPSA) is 71.8 Å². The molecular formula is C24H17ClFN5O. The summed E-state index contributed by atoms with van der Waals surface area (Å²) in [6.45, 7) is 0. The van der Waals surface area contributed by atoms with E-state index in [2.05, 4.69) is 20.7 Å². The Labute approximate surface area is 188 Å². The molecule has 8 heteroatoms. The molecule has 6 nitrogen and oxygen atoms in total. The maximum Gasteiger partial charge on any atom is 0.258 e. The lowest BCUT2D eigenvalue weighted by Gasteiger charge is -2.24. The van der Waals surface area contributed by atoms with Crippen molar-refractivity contribution in [2.24, 2.45) is 0 Å². The summed E-state index contributed by atoms with van der Waals surface area (Å²) in [6.07, 6.45) is 2.02. The second-order valence-corrected chi connectivity index (χ2v) is 7.61. The molecule has 1 atom stereocenters. The number of amides is 1. The largest absolute Gasteiger partial charge is 0.324 e. The van der Waals surface area contributed by atoms with Crippen LogP contribution in [0.3, 0.4) is 0 Å². The van der Waals surface area contributed by atoms with Crippen LogP contribution in [0, 0.1) is 5.82 Å². The van der Waals surface area contributed by atoms with E-state index in [-0.39, 0.29) is 12.0 Å². The van der Waals surface area contributed by atoms with Crippen LogP contribution in [-0.2, 0) is 0 Å². The number of halogens is 2. The monoisotopic (exact) mass is 445 g/mol. The average Bonchev–Trinajstić information content (AvgIpc) is 3.22. The number of aromatic nitrogens is 3. The maximum absolute atomic E-state index is 13.2. The quantitative estimate of drug-likeness (QED) is 0.442. The van der Waals surface area contributed by atoms with Gasteiger partial charge >= 0.3 is 0 Å². The molecule has 2 N–H and O–H groups in total. The standard InChI is InChI=1S/C24H17ClFN5O/c25-19-9-5-4-8-18(19)21-14-20(15-6-2-1-3-7-15)27-24-29-23(30-31(21)24)28-22(32)16-10-12-17(26)13-11-16/h1-14,21H,(H2,27,28,29,30,32). The van der Waals surface area contributed by atoms with E-state index in [1.807, 2.05) is 60.7 Å². The molecular weight excluding hydrogens is 429 g/mol. The number of hydrogen-bond donors (Lipinski definition) is 2. The van der Waals surface area contributed by atoms with Crippen molar-refractivity contribution in [3.8, 4) is 0 Å². The molecule has 0 saturated carbocycles. The number of anilines is 2. The van der Waals surface area contributed by atoms with E-state index in [1.54, 1.807) is 4.68 Å². The summed E-state index contributed by atoms with van der Waals surface area (Å²) in [5.74, 6) is -0.255. The maximum atomic E-state index is 13.2. The summed E-state index contributed by atoms with van der Waals surface area (Å²) < 4.78 is 14.8. The molecule has 4 aromatic rings. The Morgan fingerprint density at radius 3 is 2.47 bits per heavy atom. The molecule has 5 rings (SSSR count). The SMILES string of the molecule is O=C(Nc1nc2n(n1)C(c1ccccc1Cl)C=C(c1ccccc1)N2)c1ccc(F)cc1. The van der Waals surface area contributed by atoms with Crippen LogP contribution < -0.4 is 10.6 Å². The lowest BCUT2D eigenvalue weighted by molar-refractivity contribution is 0.102. The fourth-order valence-corrected chi connectivity index (χ4v) is 3.79. The number of carbonyl (C=O) groups excluding carboxylic acids is 1. The van der Waals surface area contributed by atoms with Crippen LogP contribution in [0.15, 0.2) is 84.9 Å². The van der Waals surface area contributed by atoms with Gasteiger partial charge in [0.15, 0.2) is 0 Å². The van der Waals surface area contributed by atoms with E-state index in [9.17, 15) is 9.18 Å². The van der Waals surface area contributed by atoms with Crippen LogP contribution in [0.1, 0.15) is 27.5 Å². The highest BCUT2D eigenvalue weighted by atomic mass is 35.5. The Hall–Kier alpha value is -3.97. The highest BCUT2D eigenvalue weighted by molar-refractivity contribution is 6.31. The molecule has 0 saturated heterocycles. The van der Waals surface area contributed by atoms with Gasteiger partial charge in [0.2, 0.25) is 5.95 Å². The number of fused-ring (bicyclic) bond motifs is 1. The van der Waals surface area contributed by atoms with Crippen LogP contribution in [0.5, 0.6) is 0 Å². The van der Waals surface area contributed by atoms with E-state index in [1.165, 1.54) is 24.3 Å². The van der Waals surface area contributed by atoms with Gasteiger partial charge in [-0.1, -0.05) is 60.1 Å². The van der Waals surface area contributed by atoms with E-state index in [4.69, 9.17) is 11.6 Å². The smallest absolute Gasteiger partial charge is 0.258 e. The Bertz CT molecular complexity index is 1320. The number of nitrogens with zero attached hydrogens (tertiary/aromatic N) is 3. The van der Waals surface area contributed by atoms with Gasteiger partial charge in [0.05, 0.1) is 0 Å². The third-order valence-electron chi connectivity index (χ3n) is 5.11. The molecule has 0 fully saturated rings. The first-order valence-corrected chi connectivity index (χ1v) is 10.3. The summed E-state index contributed by atoms with van der Waals surface area (Å²) >= 11 is 6.49. The molecule has 1 unspecified atom stereocenters. The van der Waals surface area contributed by atoms with E-state index >= 15 is 0 Å². The number of benzene rings is 3. The number of hydrogen-bond acceptors (Lipinski definition) is 4. The number of allylic oxidation sites excluding steroid dienone is 1. The first-order chi connectivity index (χ1) is 15.6. The molecule has 1 aliphatic rings. The van der Waals surface area contributed by atoms with E-state index < -0.39 is 11.7 Å². The molecule has 1 aliphatic heterocycles. The average molecular weight is 446 g/mol. The molecule has 158 valence electrons. The predicted octanol–water partition coefficient (Wildman–Crippen LogP) is 5.38. The zero-order chi connectivity index (χ0) is 22.1. The third-order valence-corrected chi connectivity index (χ3v) is 5.45. The van der Waals surface area contributed by atoms with Gasteiger partial charge in [0.1, 0.15) is 11.9 Å². The zero-order valence-electron chi connectivity index (χ0n) is 16.7. The van der Waals surface area contributed by atoms with E-state index in [0.717, 1.165) is 16.8 Å². The summed E-state index contributed by atoms with van der Waals surface area (Å²) in [5, 5.41) is 11.0. The fraction of sp³-hybridized carbons (Fsp3) is 0.0417. The van der Waals surface area contributed by atoms with Gasteiger partial charge in [0.25, 0.3) is 11.9 Å². The van der Waals surface area contributed by atoms with Crippen LogP contribution >= 0.6 is 11.6 Å². The van der Waals surface area contributed by atoms with Crippen molar-refractivity contribution in [1.82, 2.24) is 14.8 Å². The van der Waals surface area contributed by atoms with Crippen molar-refractivity contribution in [1.29, 1.82) is 0 Å². The minimum absolute atomic E-state index is 0.126. The number of rotatable bonds is 4. The predicted molar refractivity (Wildman–Crippen MR) is 122 cm³/mol. The van der Waals surface area contributed by atoms with Gasteiger partial charge in [-0.15, -0.1) is 5.10 Å². The third kappa shape index (κ3) is 3.86. The minimum Gasteiger partial charge on any atom is -0.324 e. The van der Waals surface area contributed by atoms with Crippen molar-refractivity contribution in [3.63, 3.8) is 0 Å². The molecule has 0 aliphatic carbocycles. The Balaban J connectivity index is 1.52. The molecule has 0 radical (unpaired) electrons. The summed E-state index contributed by atoms with van der Waals surface area (Å²) in [5.41, 5.74) is 2.99. The van der Waals surface area contributed by atoms with Gasteiger partial charge in [-0.2, -0.15) is 4.98 Å². The second kappa shape index (κ2) is 8.28. The normalized spacial score (nSPS) is 14.8. The minimum atomic E-state index is -0.432. The van der Waals surface area contributed by atoms with Crippen LogP contribution in [0.4, 0.5) is 16.3 Å². The van der Waals surface area contributed by atoms with Crippen LogP contribution in [0.25, 0.3) is 5.70 Å². The summed E-state index contributed by atoms with van der Waals surface area (Å²) in [6, 6.07) is 22.3. The van der Waals surface area contributed by atoms with Crippen LogP contribution in [-0.4, -0.2) is 20.7 Å². The van der Waals surface area contributed by atoms with Gasteiger partial charge in [-0.25, -0.2) is 9.07 Å². The highest BCUT2D eigenvalue weighted by Gasteiger charge is 2.27. The Kier molecular flexibility index (Phi) is 5.17. The molecule has 2 heterocycles. The van der Waals surface area contributed by atoms with Gasteiger partial charge in [0, 0.05) is 16.3 Å². The molecule has 32 heavy (non-hydrogen) atoms. The molecule has 0 spiro atoms. The van der Waals surface area contributed by atoms with Crippen molar-refractivity contribution >= 4 is 35.1 Å². The number of carbonyl (C=O) groups is 1. The first kappa shape index (κ1) is 20.0. The van der Waals surface area contributed by atoms with Crippen molar-refractivity contribution in [2.45, 2.75) is 6.04 Å². The Morgan fingerprint density at radius 2 is 1.72 bits per heavy atom. The van der Waals surface area contributed by atoms with Crippen molar-refractivity contribution < 1.29 is 9.18 Å². The molecule has 1 amide bonds. The lowest BCUT2D eigenvalue weighted by Crippen LogP contribution is -2.20. The van der Waals surface area contributed by atoms with Crippen LogP contribution in [0.2, 0.25) is 5.02 Å². The number of nitrogens with one attached hydrogen (secondary N) is 2. The summed E-state index contributed by atoms with van der Waals surface area (Å²) in [7, 11) is 0. The van der Waals surface area contributed by atoms with Gasteiger partial charge in [-0.3, -0.25) is 10.1 Å². The van der Waals surface area contributed by atoms with Gasteiger partial charge < -0.3 is 5.32 Å². The van der Waals surface area contributed by atoms with Gasteiger partial charge in [-0.05, 0) is 47.5 Å². The zero-order valence-corrected chi connectivity index (χ0v) is 17.4. The highest BCUT2D eigenvalue weighted by Crippen LogP contribution is 2.35. The molecule has 1 aromatic heterocycles. The van der Waals surface area contributed by atoms with E-state index in [0.29, 0.717) is 16.5 Å². The second-order valence-electron chi connectivity index (χ2n) is 7.20. The lowest BCUT2D eigenvalue weighted by atomic mass is 10.0. The van der Waals surface area contributed by atoms with Crippen molar-refractivity contribution in [3.05, 3.63) is 112 Å². The molecule has 3 aromatic carbocycles. The van der Waals surface area contributed by atoms with Crippen molar-refractivity contribution in [2.75, 3.05) is 10.6 Å². The summed E-state index contributed by atoms with van der Waals surface area (Å²) in [4.78, 5) is 17.0. The first-order valence-electron chi connectivity index (χ1n) is 9.90. The Morgan fingerprint density at radius 1 is 1.00 bits per heavy atom. The molecule has 0 bridgehead atoms. The fourth-order valence-electron chi connectivity index (χ4n) is 3.54.